The van der Waals surface area contributed by atoms with Gasteiger partial charge in [0, 0.05) is 16.7 Å². The van der Waals surface area contributed by atoms with Crippen LogP contribution in [0.2, 0.25) is 0 Å². The lowest BCUT2D eigenvalue weighted by Crippen LogP contribution is -1.89. The first-order valence-corrected chi connectivity index (χ1v) is 5.21. The molecule has 0 radical (unpaired) electrons. The van der Waals surface area contributed by atoms with Crippen LogP contribution < -0.4 is 0 Å². The van der Waals surface area contributed by atoms with Crippen LogP contribution in [-0.2, 0) is 0 Å². The summed E-state index contributed by atoms with van der Waals surface area (Å²) in [7, 11) is 0. The summed E-state index contributed by atoms with van der Waals surface area (Å²) >= 11 is 0. The zero-order valence-electron chi connectivity index (χ0n) is 9.28. The number of carbonyl (C=O) groups is 1. The molecule has 0 saturated heterocycles. The summed E-state index contributed by atoms with van der Waals surface area (Å²) in [5.74, 6) is 4.72. The van der Waals surface area contributed by atoms with E-state index in [9.17, 15) is 13.6 Å². The van der Waals surface area contributed by atoms with Crippen LogP contribution in [0.15, 0.2) is 42.5 Å². The Hall–Kier alpha value is -2.47. The van der Waals surface area contributed by atoms with E-state index in [0.29, 0.717) is 17.4 Å². The molecule has 0 spiro atoms. The first-order valence-electron chi connectivity index (χ1n) is 5.21. The standard InChI is InChI=1S/C15H8F2O/c16-14-6-2-11(3-7-14)1-4-12-5-8-15(17)9-13(12)10-18/h2-3,5-10H. The van der Waals surface area contributed by atoms with Gasteiger partial charge in [-0.1, -0.05) is 11.8 Å². The molecule has 0 heterocycles. The minimum atomic E-state index is -0.482. The van der Waals surface area contributed by atoms with Crippen LogP contribution in [0.4, 0.5) is 8.78 Å². The second-order valence-corrected chi connectivity index (χ2v) is 3.61. The summed E-state index contributed by atoms with van der Waals surface area (Å²) in [6.45, 7) is 0. The first-order chi connectivity index (χ1) is 8.69. The van der Waals surface area contributed by atoms with Crippen molar-refractivity contribution in [3.63, 3.8) is 0 Å². The molecule has 0 bridgehead atoms. The second kappa shape index (κ2) is 5.24. The SMILES string of the molecule is O=Cc1cc(F)ccc1C#Cc1ccc(F)cc1. The van der Waals surface area contributed by atoms with Crippen molar-refractivity contribution in [1.82, 2.24) is 0 Å². The topological polar surface area (TPSA) is 17.1 Å². The van der Waals surface area contributed by atoms with Gasteiger partial charge in [0.2, 0.25) is 0 Å². The van der Waals surface area contributed by atoms with Crippen LogP contribution in [0.3, 0.4) is 0 Å². The van der Waals surface area contributed by atoms with Gasteiger partial charge in [0.1, 0.15) is 11.6 Å². The third kappa shape index (κ3) is 2.80. The van der Waals surface area contributed by atoms with Gasteiger partial charge in [-0.05, 0) is 42.5 Å². The number of benzene rings is 2. The van der Waals surface area contributed by atoms with E-state index in [1.54, 1.807) is 0 Å². The van der Waals surface area contributed by atoms with E-state index in [1.165, 1.54) is 36.4 Å². The van der Waals surface area contributed by atoms with Gasteiger partial charge >= 0.3 is 0 Å². The van der Waals surface area contributed by atoms with Crippen molar-refractivity contribution < 1.29 is 13.6 Å². The van der Waals surface area contributed by atoms with Gasteiger partial charge in [-0.15, -0.1) is 0 Å². The van der Waals surface area contributed by atoms with Crippen LogP contribution in [0.25, 0.3) is 0 Å². The summed E-state index contributed by atoms with van der Waals surface area (Å²) in [6, 6.07) is 9.47. The Kier molecular flexibility index (Phi) is 3.49. The zero-order chi connectivity index (χ0) is 13.0. The molecule has 0 unspecified atom stereocenters. The maximum atomic E-state index is 12.9. The third-order valence-electron chi connectivity index (χ3n) is 2.33. The van der Waals surface area contributed by atoms with E-state index in [1.807, 2.05) is 0 Å². The molecule has 88 valence electrons. The molecule has 2 rings (SSSR count). The van der Waals surface area contributed by atoms with Crippen LogP contribution in [0.5, 0.6) is 0 Å². The minimum absolute atomic E-state index is 0.199. The van der Waals surface area contributed by atoms with Crippen molar-refractivity contribution in [2.24, 2.45) is 0 Å². The van der Waals surface area contributed by atoms with Gasteiger partial charge in [-0.3, -0.25) is 4.79 Å². The fourth-order valence-electron chi connectivity index (χ4n) is 1.42. The Morgan fingerprint density at radius 3 is 2.22 bits per heavy atom. The predicted molar refractivity (Wildman–Crippen MR) is 64.2 cm³/mol. The van der Waals surface area contributed by atoms with Gasteiger partial charge in [0.15, 0.2) is 6.29 Å². The fraction of sp³-hybridized carbons (Fsp3) is 0. The molecule has 0 saturated carbocycles. The van der Waals surface area contributed by atoms with Gasteiger partial charge in [0.25, 0.3) is 0 Å². The smallest absolute Gasteiger partial charge is 0.151 e. The maximum Gasteiger partial charge on any atom is 0.151 e. The monoisotopic (exact) mass is 242 g/mol. The number of rotatable bonds is 1. The number of aldehydes is 1. The molecule has 18 heavy (non-hydrogen) atoms. The molecule has 2 aromatic rings. The lowest BCUT2D eigenvalue weighted by molar-refractivity contribution is 0.112. The molecule has 0 aliphatic heterocycles. The molecule has 0 atom stereocenters. The summed E-state index contributed by atoms with van der Waals surface area (Å²) in [5.41, 5.74) is 1.26. The molecular weight excluding hydrogens is 234 g/mol. The lowest BCUT2D eigenvalue weighted by atomic mass is 10.1. The van der Waals surface area contributed by atoms with Crippen molar-refractivity contribution in [2.75, 3.05) is 0 Å². The normalized spacial score (nSPS) is 9.44. The molecule has 0 fully saturated rings. The predicted octanol–water partition coefficient (Wildman–Crippen LogP) is 3.18. The Balaban J connectivity index is 2.35. The Morgan fingerprint density at radius 2 is 1.56 bits per heavy atom. The highest BCUT2D eigenvalue weighted by Gasteiger charge is 2.00. The van der Waals surface area contributed by atoms with Crippen molar-refractivity contribution in [3.8, 4) is 11.8 Å². The summed E-state index contributed by atoms with van der Waals surface area (Å²) < 4.78 is 25.6. The molecule has 0 amide bonds. The summed E-state index contributed by atoms with van der Waals surface area (Å²) in [6.07, 6.45) is 0.553. The Bertz CT molecular complexity index is 634. The van der Waals surface area contributed by atoms with Crippen molar-refractivity contribution in [2.45, 2.75) is 0 Å². The van der Waals surface area contributed by atoms with Crippen molar-refractivity contribution in [1.29, 1.82) is 0 Å². The van der Waals surface area contributed by atoms with Crippen LogP contribution >= 0.6 is 0 Å². The molecule has 2 aromatic carbocycles. The highest BCUT2D eigenvalue weighted by molar-refractivity contribution is 5.79. The van der Waals surface area contributed by atoms with Crippen LogP contribution in [0, 0.1) is 23.5 Å². The van der Waals surface area contributed by atoms with Gasteiger partial charge < -0.3 is 0 Å². The van der Waals surface area contributed by atoms with Crippen molar-refractivity contribution in [3.05, 3.63) is 70.8 Å². The summed E-state index contributed by atoms with van der Waals surface area (Å²) in [5, 5.41) is 0. The zero-order valence-corrected chi connectivity index (χ0v) is 9.28. The average Bonchev–Trinajstić information content (AvgIpc) is 2.39. The molecule has 0 aromatic heterocycles. The highest BCUT2D eigenvalue weighted by Crippen LogP contribution is 2.08. The van der Waals surface area contributed by atoms with Gasteiger partial charge in [-0.25, -0.2) is 8.78 Å². The van der Waals surface area contributed by atoms with E-state index in [2.05, 4.69) is 11.8 Å². The van der Waals surface area contributed by atoms with E-state index >= 15 is 0 Å². The molecule has 0 aliphatic carbocycles. The highest BCUT2D eigenvalue weighted by atomic mass is 19.1. The molecule has 0 N–H and O–H groups in total. The Morgan fingerprint density at radius 1 is 0.889 bits per heavy atom. The molecule has 3 heteroatoms. The molecular formula is C15H8F2O. The van der Waals surface area contributed by atoms with Crippen LogP contribution in [-0.4, -0.2) is 6.29 Å². The number of halogens is 2. The molecule has 1 nitrogen and oxygen atoms in total. The van der Waals surface area contributed by atoms with E-state index in [4.69, 9.17) is 0 Å². The quantitative estimate of drug-likeness (QED) is 0.554. The lowest BCUT2D eigenvalue weighted by Gasteiger charge is -1.96. The second-order valence-electron chi connectivity index (χ2n) is 3.61. The van der Waals surface area contributed by atoms with E-state index < -0.39 is 5.82 Å². The fourth-order valence-corrected chi connectivity index (χ4v) is 1.42. The van der Waals surface area contributed by atoms with Crippen molar-refractivity contribution >= 4 is 6.29 Å². The Labute approximate surface area is 103 Å². The maximum absolute atomic E-state index is 12.9. The first kappa shape index (κ1) is 12.0. The third-order valence-corrected chi connectivity index (χ3v) is 2.33. The number of hydrogen-bond acceptors (Lipinski definition) is 1. The van der Waals surface area contributed by atoms with E-state index in [0.717, 1.165) is 6.07 Å². The van der Waals surface area contributed by atoms with Crippen LogP contribution in [0.1, 0.15) is 21.5 Å². The number of hydrogen-bond donors (Lipinski definition) is 0. The summed E-state index contributed by atoms with van der Waals surface area (Å²) in [4.78, 5) is 10.8. The average molecular weight is 242 g/mol. The van der Waals surface area contributed by atoms with Gasteiger partial charge in [-0.2, -0.15) is 0 Å². The number of carbonyl (C=O) groups excluding carboxylic acids is 1. The largest absolute Gasteiger partial charge is 0.298 e. The minimum Gasteiger partial charge on any atom is -0.298 e. The van der Waals surface area contributed by atoms with Gasteiger partial charge in [0.05, 0.1) is 0 Å². The molecule has 0 aliphatic rings. The van der Waals surface area contributed by atoms with E-state index in [-0.39, 0.29) is 11.4 Å².